The van der Waals surface area contributed by atoms with Crippen LogP contribution in [-0.2, 0) is 9.53 Å². The van der Waals surface area contributed by atoms with Crippen LogP contribution in [-0.4, -0.2) is 23.4 Å². The minimum atomic E-state index is -0.907. The fraction of sp³-hybridized carbons (Fsp3) is 0.154. The van der Waals surface area contributed by atoms with Crippen molar-refractivity contribution in [3.63, 3.8) is 0 Å². The van der Waals surface area contributed by atoms with Crippen molar-refractivity contribution in [2.45, 2.75) is 17.9 Å². The summed E-state index contributed by atoms with van der Waals surface area (Å²) in [6, 6.07) is 17.6. The van der Waals surface area contributed by atoms with Crippen LogP contribution in [0.25, 0.3) is 0 Å². The van der Waals surface area contributed by atoms with E-state index in [2.05, 4.69) is 42.5 Å². The quantitative estimate of drug-likeness (QED) is 0.117. The third-order valence-corrected chi connectivity index (χ3v) is 6.99. The number of thioether (sulfide) groups is 1. The third kappa shape index (κ3) is 7.52. The molecule has 2 amide bonds. The Morgan fingerprint density at radius 1 is 1.08 bits per heavy atom. The molecule has 0 saturated carbocycles. The number of rotatable bonds is 8. The number of hydrogen-bond donors (Lipinski definition) is 4. The lowest BCUT2D eigenvalue weighted by atomic mass is 9.96. The third-order valence-electron chi connectivity index (χ3n) is 5.18. The number of para-hydroxylation sites is 2. The van der Waals surface area contributed by atoms with E-state index in [1.165, 1.54) is 6.08 Å². The second-order valence-electron chi connectivity index (χ2n) is 7.80. The van der Waals surface area contributed by atoms with E-state index in [4.69, 9.17) is 10.5 Å². The van der Waals surface area contributed by atoms with Gasteiger partial charge in [0, 0.05) is 26.5 Å². The molecule has 0 spiro atoms. The van der Waals surface area contributed by atoms with Crippen molar-refractivity contribution in [2.75, 3.05) is 22.6 Å². The van der Waals surface area contributed by atoms with Crippen LogP contribution < -0.4 is 16.4 Å². The van der Waals surface area contributed by atoms with Gasteiger partial charge >= 0.3 is 6.09 Å². The SMILES string of the molecule is CSc1ccc(NC(=O)O[C@H](c2cc(Br)cc(Br)c2O)[C@H](C)/C=C/C(=O)Nc2ccccc2N)cc1. The molecule has 0 aromatic heterocycles. The highest BCUT2D eigenvalue weighted by molar-refractivity contribution is 9.11. The van der Waals surface area contributed by atoms with Gasteiger partial charge < -0.3 is 20.9 Å². The second kappa shape index (κ2) is 12.8. The van der Waals surface area contributed by atoms with Crippen molar-refractivity contribution < 1.29 is 19.4 Å². The summed E-state index contributed by atoms with van der Waals surface area (Å²) in [5, 5.41) is 16.1. The number of benzene rings is 3. The summed E-state index contributed by atoms with van der Waals surface area (Å²) in [5.74, 6) is -0.945. The highest BCUT2D eigenvalue weighted by atomic mass is 79.9. The number of halogens is 2. The summed E-state index contributed by atoms with van der Waals surface area (Å²) in [7, 11) is 0. The number of carbonyl (C=O) groups excluding carboxylic acids is 2. The largest absolute Gasteiger partial charge is 0.506 e. The molecule has 3 aromatic carbocycles. The molecule has 0 heterocycles. The number of carbonyl (C=O) groups is 2. The highest BCUT2D eigenvalue weighted by Crippen LogP contribution is 2.40. The van der Waals surface area contributed by atoms with Gasteiger partial charge in [-0.05, 0) is 76.8 Å². The van der Waals surface area contributed by atoms with Crippen LogP contribution in [0.2, 0.25) is 0 Å². The Labute approximate surface area is 230 Å². The van der Waals surface area contributed by atoms with E-state index in [1.807, 2.05) is 18.4 Å². The van der Waals surface area contributed by atoms with Crippen molar-refractivity contribution in [1.29, 1.82) is 0 Å². The number of phenols is 1. The lowest BCUT2D eigenvalue weighted by molar-refractivity contribution is -0.111. The molecule has 10 heteroatoms. The Kier molecular flexibility index (Phi) is 9.86. The molecule has 0 saturated heterocycles. The summed E-state index contributed by atoms with van der Waals surface area (Å²) in [4.78, 5) is 26.3. The first-order chi connectivity index (χ1) is 17.2. The number of amides is 2. The van der Waals surface area contributed by atoms with Crippen molar-refractivity contribution in [1.82, 2.24) is 0 Å². The number of hydrogen-bond acceptors (Lipinski definition) is 6. The molecule has 2 atom stereocenters. The van der Waals surface area contributed by atoms with Gasteiger partial charge in [-0.3, -0.25) is 10.1 Å². The number of aromatic hydroxyl groups is 1. The van der Waals surface area contributed by atoms with Crippen LogP contribution in [0.3, 0.4) is 0 Å². The molecule has 3 aromatic rings. The van der Waals surface area contributed by atoms with Crippen molar-refractivity contribution in [3.8, 4) is 5.75 Å². The van der Waals surface area contributed by atoms with Gasteiger partial charge in [-0.25, -0.2) is 4.79 Å². The fourth-order valence-electron chi connectivity index (χ4n) is 3.32. The zero-order valence-corrected chi connectivity index (χ0v) is 23.5. The summed E-state index contributed by atoms with van der Waals surface area (Å²) >= 11 is 8.33. The molecule has 0 aliphatic heterocycles. The first-order valence-corrected chi connectivity index (χ1v) is 13.6. The van der Waals surface area contributed by atoms with Crippen LogP contribution >= 0.6 is 43.6 Å². The van der Waals surface area contributed by atoms with Gasteiger partial charge in [0.05, 0.1) is 15.8 Å². The minimum absolute atomic E-state index is 0.0675. The zero-order valence-electron chi connectivity index (χ0n) is 19.5. The van der Waals surface area contributed by atoms with Gasteiger partial charge in [-0.1, -0.05) is 41.1 Å². The minimum Gasteiger partial charge on any atom is -0.506 e. The molecule has 188 valence electrons. The maximum absolute atomic E-state index is 12.8. The summed E-state index contributed by atoms with van der Waals surface area (Å²) in [5.41, 5.74) is 7.76. The molecule has 0 aliphatic carbocycles. The van der Waals surface area contributed by atoms with E-state index in [0.29, 0.717) is 31.6 Å². The van der Waals surface area contributed by atoms with Gasteiger partial charge in [0.25, 0.3) is 0 Å². The van der Waals surface area contributed by atoms with Crippen LogP contribution in [0, 0.1) is 5.92 Å². The Morgan fingerprint density at radius 2 is 1.78 bits per heavy atom. The molecule has 0 bridgehead atoms. The average molecular weight is 635 g/mol. The molecule has 0 unspecified atom stereocenters. The number of ether oxygens (including phenoxy) is 1. The Morgan fingerprint density at radius 3 is 2.44 bits per heavy atom. The summed E-state index contributed by atoms with van der Waals surface area (Å²) < 4.78 is 6.87. The lowest BCUT2D eigenvalue weighted by Gasteiger charge is -2.24. The van der Waals surface area contributed by atoms with E-state index < -0.39 is 24.0 Å². The van der Waals surface area contributed by atoms with Gasteiger partial charge in [0.1, 0.15) is 11.9 Å². The fourth-order valence-corrected chi connectivity index (χ4v) is 4.99. The molecule has 0 fully saturated rings. The topological polar surface area (TPSA) is 114 Å². The van der Waals surface area contributed by atoms with Crippen LogP contribution in [0.1, 0.15) is 18.6 Å². The lowest BCUT2D eigenvalue weighted by Crippen LogP contribution is -2.22. The number of anilines is 3. The van der Waals surface area contributed by atoms with Gasteiger partial charge in [-0.15, -0.1) is 11.8 Å². The molecule has 0 radical (unpaired) electrons. The second-order valence-corrected chi connectivity index (χ2v) is 10.4. The molecular weight excluding hydrogens is 610 g/mol. The van der Waals surface area contributed by atoms with E-state index in [0.717, 1.165) is 4.90 Å². The Bertz CT molecular complexity index is 1270. The average Bonchev–Trinajstić information content (AvgIpc) is 2.85. The normalized spacial score (nSPS) is 12.7. The molecule has 0 aliphatic rings. The summed E-state index contributed by atoms with van der Waals surface area (Å²) in [6.07, 6.45) is 3.31. The number of nitrogens with one attached hydrogen (secondary N) is 2. The first kappa shape index (κ1) is 27.6. The molecule has 3 rings (SSSR count). The molecular formula is C26H25Br2N3O4S. The van der Waals surface area contributed by atoms with Gasteiger partial charge in [0.15, 0.2) is 0 Å². The van der Waals surface area contributed by atoms with E-state index >= 15 is 0 Å². The maximum atomic E-state index is 12.8. The number of nitrogens with two attached hydrogens (primary N) is 1. The van der Waals surface area contributed by atoms with E-state index in [-0.39, 0.29) is 5.75 Å². The molecule has 7 nitrogen and oxygen atoms in total. The highest BCUT2D eigenvalue weighted by Gasteiger charge is 2.27. The number of phenolic OH excluding ortho intramolecular Hbond substituents is 1. The predicted molar refractivity (Wildman–Crippen MR) is 152 cm³/mol. The van der Waals surface area contributed by atoms with Gasteiger partial charge in [-0.2, -0.15) is 0 Å². The van der Waals surface area contributed by atoms with Crippen molar-refractivity contribution in [3.05, 3.63) is 87.3 Å². The first-order valence-electron chi connectivity index (χ1n) is 10.8. The molecule has 5 N–H and O–H groups in total. The van der Waals surface area contributed by atoms with E-state index in [1.54, 1.807) is 73.3 Å². The van der Waals surface area contributed by atoms with Crippen molar-refractivity contribution in [2.24, 2.45) is 5.92 Å². The van der Waals surface area contributed by atoms with Gasteiger partial charge in [0.2, 0.25) is 5.91 Å². The van der Waals surface area contributed by atoms with E-state index in [9.17, 15) is 14.7 Å². The Hall–Kier alpha value is -2.95. The van der Waals surface area contributed by atoms with Crippen LogP contribution in [0.4, 0.5) is 21.9 Å². The monoisotopic (exact) mass is 633 g/mol. The predicted octanol–water partition coefficient (Wildman–Crippen LogP) is 7.34. The zero-order chi connectivity index (χ0) is 26.2. The summed E-state index contributed by atoms with van der Waals surface area (Å²) in [6.45, 7) is 1.78. The number of nitrogen functional groups attached to an aromatic ring is 1. The van der Waals surface area contributed by atoms with Crippen LogP contribution in [0.5, 0.6) is 5.75 Å². The smallest absolute Gasteiger partial charge is 0.412 e. The van der Waals surface area contributed by atoms with Crippen molar-refractivity contribution >= 4 is 72.7 Å². The maximum Gasteiger partial charge on any atom is 0.412 e. The van der Waals surface area contributed by atoms with Crippen LogP contribution in [0.15, 0.2) is 86.7 Å². The Balaban J connectivity index is 1.81. The molecule has 36 heavy (non-hydrogen) atoms. The standard InChI is InChI=1S/C26H25Br2N3O4S/c1-15(7-12-23(32)31-22-6-4-3-5-21(22)29)25(19-13-16(27)14-20(28)24(19)33)35-26(34)30-17-8-10-18(36-2)11-9-17/h3-15,25,33H,29H2,1-2H3,(H,30,34)(H,31,32)/b12-7+/t15-,25+/m1/s1.